The molecule has 0 unspecified atom stereocenters. The van der Waals surface area contributed by atoms with Crippen molar-refractivity contribution >= 4 is 28.5 Å². The summed E-state index contributed by atoms with van der Waals surface area (Å²) in [5, 5.41) is 5.55. The zero-order valence-corrected chi connectivity index (χ0v) is 16.0. The normalized spacial score (nSPS) is 10.0. The van der Waals surface area contributed by atoms with Gasteiger partial charge in [-0.05, 0) is 48.5 Å². The molecule has 0 spiro atoms. The third-order valence-electron chi connectivity index (χ3n) is 4.57. The van der Waals surface area contributed by atoms with Gasteiger partial charge in [-0.25, -0.2) is 0 Å². The van der Waals surface area contributed by atoms with Gasteiger partial charge in [-0.15, -0.1) is 0 Å². The van der Waals surface area contributed by atoms with Crippen molar-refractivity contribution in [3.8, 4) is 0 Å². The van der Waals surface area contributed by atoms with Crippen molar-refractivity contribution in [2.24, 2.45) is 0 Å². The van der Waals surface area contributed by atoms with Crippen molar-refractivity contribution < 1.29 is 17.0 Å². The lowest BCUT2D eigenvalue weighted by molar-refractivity contribution is -0.00100. The lowest BCUT2D eigenvalue weighted by Crippen LogP contribution is -3.00. The van der Waals surface area contributed by atoms with Gasteiger partial charge in [0.25, 0.3) is 0 Å². The van der Waals surface area contributed by atoms with Crippen LogP contribution in [0.3, 0.4) is 0 Å². The van der Waals surface area contributed by atoms with E-state index >= 15 is 0 Å². The molecule has 4 aromatic rings. The molecule has 144 valence electrons. The van der Waals surface area contributed by atoms with Gasteiger partial charge in [0, 0.05) is 0 Å². The van der Waals surface area contributed by atoms with Gasteiger partial charge in [-0.1, -0.05) is 72.8 Å². The second-order valence-electron chi connectivity index (χ2n) is 6.01. The molecule has 0 bridgehead atoms. The van der Waals surface area contributed by atoms with Gasteiger partial charge in [-0.3, -0.25) is 0 Å². The highest BCUT2D eigenvalue weighted by Crippen LogP contribution is 2.53. The highest BCUT2D eigenvalue weighted by atomic mass is 31.2. The molecule has 0 aromatic heterocycles. The monoisotopic (exact) mass is 398 g/mol. The van der Waals surface area contributed by atoms with E-state index < -0.39 is 7.26 Å². The third-order valence-corrected chi connectivity index (χ3v) is 8.86. The Labute approximate surface area is 167 Å². The van der Waals surface area contributed by atoms with Crippen LogP contribution in [0.5, 0.6) is 0 Å². The van der Waals surface area contributed by atoms with Crippen molar-refractivity contribution in [1.29, 1.82) is 0 Å². The van der Waals surface area contributed by atoms with E-state index in [4.69, 9.17) is 0 Å². The van der Waals surface area contributed by atoms with Crippen LogP contribution in [-0.4, -0.2) is 0 Å². The van der Waals surface area contributed by atoms with Crippen molar-refractivity contribution in [1.82, 2.24) is 0 Å². The molecule has 4 heteroatoms. The number of halogens is 3. The van der Waals surface area contributed by atoms with Crippen molar-refractivity contribution in [2.45, 2.75) is 0 Å². The molecule has 0 saturated carbocycles. The molecular formula is C24H22F3P. The summed E-state index contributed by atoms with van der Waals surface area (Å²) in [7, 11) is -1.91. The van der Waals surface area contributed by atoms with Gasteiger partial charge in [0.15, 0.2) is 0 Å². The van der Waals surface area contributed by atoms with Crippen LogP contribution in [0.1, 0.15) is 2.85 Å². The largest absolute Gasteiger partial charge is 1.00 e. The van der Waals surface area contributed by atoms with E-state index in [0.29, 0.717) is 0 Å². The number of hydrogen-bond acceptors (Lipinski definition) is 0. The number of rotatable bonds is 4. The van der Waals surface area contributed by atoms with E-state index in [0.717, 1.165) is 0 Å². The highest BCUT2D eigenvalue weighted by Gasteiger charge is 2.47. The molecule has 0 aliphatic heterocycles. The SMILES string of the molecule is [F-].[F-].[F-].[H+].[H+].c1ccc([P+](c2ccccc2)(c2ccccc2)c2ccccc2)cc1. The van der Waals surface area contributed by atoms with Crippen molar-refractivity contribution in [3.05, 3.63) is 121 Å². The van der Waals surface area contributed by atoms with E-state index in [9.17, 15) is 0 Å². The fraction of sp³-hybridized carbons (Fsp3) is 0. The van der Waals surface area contributed by atoms with Gasteiger partial charge in [0.2, 0.25) is 0 Å². The summed E-state index contributed by atoms with van der Waals surface area (Å²) in [6.07, 6.45) is 0. The smallest absolute Gasteiger partial charge is 1.00 e. The van der Waals surface area contributed by atoms with Crippen LogP contribution in [0.15, 0.2) is 121 Å². The minimum Gasteiger partial charge on any atom is -1.00 e. The standard InChI is InChI=1S/C24H20P.3FH/c1-5-13-21(14-6-1)25(22-15-7-2-8-16-22,23-17-9-3-10-18-23)24-19-11-4-12-20-24;;;/h1-20H;3*1H/q+1;;;/p-1. The van der Waals surface area contributed by atoms with Crippen LogP contribution >= 0.6 is 7.26 Å². The summed E-state index contributed by atoms with van der Waals surface area (Å²) in [4.78, 5) is 0. The van der Waals surface area contributed by atoms with Gasteiger partial charge in [0.1, 0.15) is 28.5 Å². The molecule has 0 nitrogen and oxygen atoms in total. The first-order chi connectivity index (χ1) is 12.4. The van der Waals surface area contributed by atoms with E-state index in [1.54, 1.807) is 0 Å². The molecule has 4 rings (SSSR count). The first-order valence-corrected chi connectivity index (χ1v) is 10.3. The maximum Gasteiger partial charge on any atom is 1.00 e. The summed E-state index contributed by atoms with van der Waals surface area (Å²) < 4.78 is 0. The fourth-order valence-electron chi connectivity index (χ4n) is 3.50. The average molecular weight is 398 g/mol. The van der Waals surface area contributed by atoms with E-state index in [1.807, 2.05) is 0 Å². The maximum atomic E-state index is 2.28. The average Bonchev–Trinajstić information content (AvgIpc) is 2.72. The second-order valence-corrected chi connectivity index (χ2v) is 9.42. The summed E-state index contributed by atoms with van der Waals surface area (Å²) in [6, 6.07) is 43.8. The Hall–Kier alpha value is -2.90. The third kappa shape index (κ3) is 4.00. The Morgan fingerprint density at radius 3 is 0.679 bits per heavy atom. The molecular weight excluding hydrogens is 376 g/mol. The Morgan fingerprint density at radius 2 is 0.500 bits per heavy atom. The molecule has 0 aliphatic carbocycles. The van der Waals surface area contributed by atoms with Gasteiger partial charge < -0.3 is 14.1 Å². The Morgan fingerprint density at radius 1 is 0.321 bits per heavy atom. The molecule has 0 N–H and O–H groups in total. The molecule has 0 fully saturated rings. The first-order valence-electron chi connectivity index (χ1n) is 8.54. The van der Waals surface area contributed by atoms with E-state index in [1.165, 1.54) is 21.2 Å². The lowest BCUT2D eigenvalue weighted by atomic mass is 10.3. The first kappa shape index (κ1) is 23.1. The molecule has 28 heavy (non-hydrogen) atoms. The van der Waals surface area contributed by atoms with Crippen LogP contribution in [0.4, 0.5) is 0 Å². The quantitative estimate of drug-likeness (QED) is 0.305. The van der Waals surface area contributed by atoms with Gasteiger partial charge in [-0.2, -0.15) is 0 Å². The van der Waals surface area contributed by atoms with Crippen molar-refractivity contribution in [3.63, 3.8) is 0 Å². The molecule has 0 heterocycles. The van der Waals surface area contributed by atoms with Gasteiger partial charge >= 0.3 is 2.85 Å². The Kier molecular flexibility index (Phi) is 8.63. The molecule has 0 aliphatic rings. The summed E-state index contributed by atoms with van der Waals surface area (Å²) >= 11 is 0. The zero-order valence-electron chi connectivity index (χ0n) is 17.1. The number of benzene rings is 4. The topological polar surface area (TPSA) is 0 Å². The summed E-state index contributed by atoms with van der Waals surface area (Å²) in [6.45, 7) is 0. The lowest BCUT2D eigenvalue weighted by Gasteiger charge is -2.27. The zero-order chi connectivity index (χ0) is 17.0. The predicted octanol–water partition coefficient (Wildman–Crippen LogP) is -4.46. The van der Waals surface area contributed by atoms with Crippen molar-refractivity contribution in [2.75, 3.05) is 0 Å². The van der Waals surface area contributed by atoms with E-state index in [-0.39, 0.29) is 17.0 Å². The van der Waals surface area contributed by atoms with Crippen LogP contribution < -0.4 is 35.3 Å². The number of hydrogen-bond donors (Lipinski definition) is 0. The Balaban J connectivity index is 0. The fourth-order valence-corrected chi connectivity index (χ4v) is 7.77. The molecule has 0 atom stereocenters. The molecule has 4 aromatic carbocycles. The minimum absolute atomic E-state index is 0. The summed E-state index contributed by atoms with van der Waals surface area (Å²) in [5.74, 6) is 0. The van der Waals surface area contributed by atoms with Gasteiger partial charge in [0.05, 0.1) is 0 Å². The maximum absolute atomic E-state index is 2.28. The van der Waals surface area contributed by atoms with Crippen LogP contribution in [0, 0.1) is 0 Å². The minimum atomic E-state index is -1.91. The molecule has 0 saturated heterocycles. The Bertz CT molecular complexity index is 777. The van der Waals surface area contributed by atoms with Crippen LogP contribution in [0.25, 0.3) is 0 Å². The molecule has 0 radical (unpaired) electrons. The van der Waals surface area contributed by atoms with Crippen LogP contribution in [-0.2, 0) is 0 Å². The molecule has 0 amide bonds. The van der Waals surface area contributed by atoms with Crippen LogP contribution in [0.2, 0.25) is 0 Å². The predicted molar refractivity (Wildman–Crippen MR) is 113 cm³/mol. The highest BCUT2D eigenvalue weighted by molar-refractivity contribution is 8.01. The second kappa shape index (κ2) is 10.4. The van der Waals surface area contributed by atoms with E-state index in [2.05, 4.69) is 121 Å². The summed E-state index contributed by atoms with van der Waals surface area (Å²) in [5.41, 5.74) is 0.